The minimum atomic E-state index is -5.55. The van der Waals surface area contributed by atoms with E-state index in [1.165, 1.54) is 25.0 Å². The molecule has 2 aromatic rings. The number of anilines is 1. The predicted molar refractivity (Wildman–Crippen MR) is 209 cm³/mol. The number of imidazole rings is 1. The molecule has 1 saturated heterocycles. The van der Waals surface area contributed by atoms with Crippen LogP contribution in [0.2, 0.25) is 0 Å². The maximum Gasteiger partial charge on any atom is 0.481 e. The van der Waals surface area contributed by atoms with E-state index in [2.05, 4.69) is 67.3 Å². The smallest absolute Gasteiger partial charge is 0.386 e. The summed E-state index contributed by atoms with van der Waals surface area (Å²) >= 11 is 1.66. The molecule has 23 nitrogen and oxygen atoms in total. The third-order valence-corrected chi connectivity index (χ3v) is 12.3. The number of aliphatic hydroxyl groups is 2. The number of aliphatic hydroxyl groups excluding tert-OH is 2. The number of amides is 2. The number of hydrogen-bond acceptors (Lipinski definition) is 17. The minimum Gasteiger partial charge on any atom is -0.386 e. The van der Waals surface area contributed by atoms with Crippen molar-refractivity contribution in [3.05, 3.63) is 36.0 Å². The quantitative estimate of drug-likeness (QED) is 0.0412. The molecule has 0 aromatic carbocycles. The molecule has 27 heteroatoms. The molecule has 2 aromatic heterocycles. The molecule has 0 bridgehead atoms. The zero-order chi connectivity index (χ0) is 43.5. The predicted octanol–water partition coefficient (Wildman–Crippen LogP) is 1.83. The number of aromatic nitrogens is 4. The molecule has 7 atom stereocenters. The number of nitrogens with one attached hydrogen (secondary N) is 2. The van der Waals surface area contributed by atoms with Gasteiger partial charge in [-0.3, -0.25) is 27.7 Å². The lowest BCUT2D eigenvalue weighted by atomic mass is 9.87. The van der Waals surface area contributed by atoms with Crippen molar-refractivity contribution in [2.24, 2.45) is 5.41 Å². The van der Waals surface area contributed by atoms with Crippen molar-refractivity contribution in [2.75, 3.05) is 43.5 Å². The van der Waals surface area contributed by atoms with E-state index in [-0.39, 0.29) is 35.9 Å². The molecule has 58 heavy (non-hydrogen) atoms. The number of nitrogen functional groups attached to an aromatic ring is 1. The minimum absolute atomic E-state index is 0.0352. The van der Waals surface area contributed by atoms with E-state index in [0.717, 1.165) is 35.8 Å². The highest BCUT2D eigenvalue weighted by atomic mass is 32.2. The molecule has 328 valence electrons. The van der Waals surface area contributed by atoms with E-state index >= 15 is 0 Å². The van der Waals surface area contributed by atoms with Gasteiger partial charge >= 0.3 is 23.5 Å². The Hall–Kier alpha value is -2.63. The summed E-state index contributed by atoms with van der Waals surface area (Å²) in [5.74, 6) is 0.208. The van der Waals surface area contributed by atoms with Gasteiger partial charge in [-0.25, -0.2) is 28.6 Å². The molecule has 3 heterocycles. The van der Waals surface area contributed by atoms with Crippen LogP contribution in [0.5, 0.6) is 0 Å². The number of hydrogen-bond donors (Lipinski definition) is 9. The summed E-state index contributed by atoms with van der Waals surface area (Å²) in [7, 11) is -16.3. The van der Waals surface area contributed by atoms with Crippen LogP contribution in [-0.2, 0) is 45.9 Å². The van der Waals surface area contributed by atoms with Gasteiger partial charge in [-0.15, -0.1) is 0 Å². The Labute approximate surface area is 338 Å². The van der Waals surface area contributed by atoms with E-state index in [0.29, 0.717) is 12.3 Å². The van der Waals surface area contributed by atoms with Crippen molar-refractivity contribution in [2.45, 2.75) is 84.5 Å². The second-order valence-electron chi connectivity index (χ2n) is 14.0. The Morgan fingerprint density at radius 2 is 1.72 bits per heavy atom. The van der Waals surface area contributed by atoms with E-state index in [1.54, 1.807) is 11.8 Å². The molecular formula is C31H52N7O16P3S. The first-order valence-corrected chi connectivity index (χ1v) is 23.3. The van der Waals surface area contributed by atoms with Gasteiger partial charge in [0.2, 0.25) is 11.8 Å². The summed E-state index contributed by atoms with van der Waals surface area (Å²) in [5, 5.41) is 26.6. The average Bonchev–Trinajstić information content (AvgIpc) is 3.67. The number of phosphoric acid groups is 3. The van der Waals surface area contributed by atoms with Crippen molar-refractivity contribution < 1.29 is 75.7 Å². The normalized spacial score (nSPS) is 21.6. The van der Waals surface area contributed by atoms with Crippen LogP contribution in [0.3, 0.4) is 0 Å². The molecule has 3 rings (SSSR count). The number of carbonyl (C=O) groups is 2. The summed E-state index contributed by atoms with van der Waals surface area (Å²) in [6.45, 7) is 7.08. The number of carbonyl (C=O) groups excluding carboxylic acids is 2. The zero-order valence-electron chi connectivity index (χ0n) is 32.4. The monoisotopic (exact) mass is 903 g/mol. The molecule has 2 unspecified atom stereocenters. The zero-order valence-corrected chi connectivity index (χ0v) is 35.9. The van der Waals surface area contributed by atoms with Crippen molar-refractivity contribution in [3.63, 3.8) is 0 Å². The van der Waals surface area contributed by atoms with Gasteiger partial charge in [0.1, 0.15) is 36.3 Å². The van der Waals surface area contributed by atoms with E-state index in [4.69, 9.17) is 19.5 Å². The highest BCUT2D eigenvalue weighted by molar-refractivity contribution is 7.99. The Balaban J connectivity index is 1.45. The molecule has 2 amide bonds. The fourth-order valence-electron chi connectivity index (χ4n) is 5.18. The topological polar surface area (TPSA) is 347 Å². The standard InChI is InChI=1S/C31H52N7O16P3S/c1-19(2)7-6-8-20(3)10-13-58-14-12-33-22(39)9-11-34-29(42)26(41)31(4,5)16-51-57(48,49)54-56(46,47)50-15-21-25(53-55(43,44)45)24(40)30(52-21)38-18-37-23-27(32)35-17-36-28(23)38/h7,10,17-18,21,24-26,30,40-41H,6,8-9,11-16H2,1-5H3,(H,33,39)(H,34,42)(H,46,47)(H,48,49)(H2,32,35,36)(H2,43,44,45)/b20-10+/t21-,24-,25-,26+,30-/m1/s1. The maximum atomic E-state index is 12.7. The lowest BCUT2D eigenvalue weighted by molar-refractivity contribution is -0.137. The summed E-state index contributed by atoms with van der Waals surface area (Å²) < 4.78 is 62.3. The molecule has 1 aliphatic heterocycles. The van der Waals surface area contributed by atoms with E-state index in [1.807, 2.05) is 0 Å². The van der Waals surface area contributed by atoms with Gasteiger partial charge in [-0.2, -0.15) is 16.1 Å². The van der Waals surface area contributed by atoms with Crippen LogP contribution < -0.4 is 16.4 Å². The number of allylic oxidation sites excluding steroid dienone is 3. The molecule has 0 spiro atoms. The SMILES string of the molecule is CC(C)=CCC/C(C)=C/CSCCNC(=O)CCNC(=O)[C@H](O)C(C)(C)COP(=O)(O)OP(=O)(O)OC[C@H]1O[C@@H](n2cnc3c(N)ncnc32)[C@H](O)[C@@H]1OP(=O)(O)O. The van der Waals surface area contributed by atoms with Gasteiger partial charge in [-0.05, 0) is 33.6 Å². The maximum absolute atomic E-state index is 12.7. The molecule has 1 fully saturated rings. The van der Waals surface area contributed by atoms with Crippen LogP contribution >= 0.6 is 35.2 Å². The third kappa shape index (κ3) is 16.1. The van der Waals surface area contributed by atoms with Crippen LogP contribution in [0.4, 0.5) is 5.82 Å². The van der Waals surface area contributed by atoms with Crippen molar-refractivity contribution >= 4 is 64.0 Å². The second-order valence-corrected chi connectivity index (χ2v) is 19.4. The Morgan fingerprint density at radius 3 is 2.40 bits per heavy atom. The van der Waals surface area contributed by atoms with Gasteiger partial charge in [-0.1, -0.05) is 37.1 Å². The molecule has 0 saturated carbocycles. The lowest BCUT2D eigenvalue weighted by Crippen LogP contribution is -2.46. The van der Waals surface area contributed by atoms with Crippen LogP contribution in [0.15, 0.2) is 36.0 Å². The van der Waals surface area contributed by atoms with Gasteiger partial charge in [0.25, 0.3) is 0 Å². The van der Waals surface area contributed by atoms with Crippen LogP contribution in [-0.4, -0.2) is 123 Å². The molecule has 1 aliphatic rings. The first-order valence-electron chi connectivity index (χ1n) is 17.7. The Bertz CT molecular complexity index is 1920. The second kappa shape index (κ2) is 21.8. The first-order chi connectivity index (χ1) is 26.9. The van der Waals surface area contributed by atoms with Crippen LogP contribution in [0.25, 0.3) is 11.2 Å². The fourth-order valence-corrected chi connectivity index (χ4v) is 8.82. The largest absolute Gasteiger partial charge is 0.481 e. The molecule has 10 N–H and O–H groups in total. The highest BCUT2D eigenvalue weighted by Gasteiger charge is 2.50. The number of nitrogens with zero attached hydrogens (tertiary/aromatic N) is 4. The molecule has 0 radical (unpaired) electrons. The van der Waals surface area contributed by atoms with Gasteiger partial charge in [0.05, 0.1) is 19.5 Å². The third-order valence-electron chi connectivity index (χ3n) is 8.29. The molecular weight excluding hydrogens is 851 g/mol. The lowest BCUT2D eigenvalue weighted by Gasteiger charge is -2.30. The number of rotatable bonds is 24. The van der Waals surface area contributed by atoms with Gasteiger partial charge in [0, 0.05) is 36.4 Å². The first kappa shape index (κ1) is 49.7. The van der Waals surface area contributed by atoms with Crippen molar-refractivity contribution in [1.82, 2.24) is 30.2 Å². The summed E-state index contributed by atoms with van der Waals surface area (Å²) in [4.78, 5) is 75.8. The van der Waals surface area contributed by atoms with Crippen LogP contribution in [0, 0.1) is 5.41 Å². The fraction of sp³-hybridized carbons (Fsp3) is 0.645. The van der Waals surface area contributed by atoms with Crippen LogP contribution in [0.1, 0.15) is 60.1 Å². The Kier molecular flexibility index (Phi) is 18.7. The van der Waals surface area contributed by atoms with Gasteiger partial charge in [0.15, 0.2) is 17.7 Å². The number of ether oxygens (including phenoxy) is 1. The van der Waals surface area contributed by atoms with E-state index < -0.39 is 78.6 Å². The number of fused-ring (bicyclic) bond motifs is 1. The highest BCUT2D eigenvalue weighted by Crippen LogP contribution is 2.61. The van der Waals surface area contributed by atoms with Crippen molar-refractivity contribution in [3.8, 4) is 0 Å². The molecule has 0 aliphatic carbocycles. The average molecular weight is 904 g/mol. The van der Waals surface area contributed by atoms with Gasteiger partial charge < -0.3 is 50.9 Å². The summed E-state index contributed by atoms with van der Waals surface area (Å²) in [5.41, 5.74) is 6.90. The van der Waals surface area contributed by atoms with Crippen molar-refractivity contribution in [1.29, 1.82) is 0 Å². The number of nitrogens with two attached hydrogens (primary N) is 1. The summed E-state index contributed by atoms with van der Waals surface area (Å²) in [6, 6.07) is 0. The summed E-state index contributed by atoms with van der Waals surface area (Å²) in [6.07, 6.45) is -0.395. The Morgan fingerprint density at radius 1 is 1.03 bits per heavy atom. The number of thioether (sulfide) groups is 1. The number of phosphoric ester groups is 3. The van der Waals surface area contributed by atoms with E-state index in [9.17, 15) is 53.1 Å².